The van der Waals surface area contributed by atoms with E-state index in [9.17, 15) is 22.4 Å². The summed E-state index contributed by atoms with van der Waals surface area (Å²) < 4.78 is 58.5. The molecule has 0 atom stereocenters. The number of alkyl halides is 4. The predicted molar refractivity (Wildman–Crippen MR) is 79.6 cm³/mol. The summed E-state index contributed by atoms with van der Waals surface area (Å²) in [6.07, 6.45) is -3.51. The summed E-state index contributed by atoms with van der Waals surface area (Å²) in [4.78, 5) is 12.0. The van der Waals surface area contributed by atoms with Gasteiger partial charge < -0.3 is 10.1 Å². The highest BCUT2D eigenvalue weighted by molar-refractivity contribution is 6.32. The van der Waals surface area contributed by atoms with Crippen LogP contribution in [-0.4, -0.2) is 32.1 Å². The van der Waals surface area contributed by atoms with Gasteiger partial charge in [0.05, 0.1) is 23.1 Å². The summed E-state index contributed by atoms with van der Waals surface area (Å²) in [5.74, 6) is -0.752. The third kappa shape index (κ3) is 4.69. The molecule has 25 heavy (non-hydrogen) atoms. The zero-order valence-electron chi connectivity index (χ0n) is 12.9. The number of hydrogen-bond acceptors (Lipinski definition) is 4. The van der Waals surface area contributed by atoms with Crippen LogP contribution in [0, 0.1) is 0 Å². The lowest BCUT2D eigenvalue weighted by Gasteiger charge is -2.07. The molecule has 0 spiro atoms. The van der Waals surface area contributed by atoms with Gasteiger partial charge in [-0.1, -0.05) is 11.6 Å². The van der Waals surface area contributed by atoms with Crippen molar-refractivity contribution in [2.24, 2.45) is 0 Å². The lowest BCUT2D eigenvalue weighted by atomic mass is 10.3. The Morgan fingerprint density at radius 1 is 1.36 bits per heavy atom. The SMILES string of the molecule is CCOCn1cc(NC(=O)Cn2nc(C(F)F)c(Cl)c2C(F)F)cn1. The Kier molecular flexibility index (Phi) is 6.37. The van der Waals surface area contributed by atoms with Crippen molar-refractivity contribution in [1.29, 1.82) is 0 Å². The summed E-state index contributed by atoms with van der Waals surface area (Å²) in [7, 11) is 0. The molecule has 2 aromatic heterocycles. The largest absolute Gasteiger partial charge is 0.360 e. The molecule has 7 nitrogen and oxygen atoms in total. The molecular weight excluding hydrogens is 370 g/mol. The first-order valence-electron chi connectivity index (χ1n) is 7.05. The van der Waals surface area contributed by atoms with Gasteiger partial charge in [0.15, 0.2) is 0 Å². The number of hydrogen-bond donors (Lipinski definition) is 1. The van der Waals surface area contributed by atoms with E-state index in [0.29, 0.717) is 11.3 Å². The number of ether oxygens (including phenoxy) is 1. The predicted octanol–water partition coefficient (Wildman–Crippen LogP) is 3.24. The summed E-state index contributed by atoms with van der Waals surface area (Å²) in [6.45, 7) is 1.75. The lowest BCUT2D eigenvalue weighted by molar-refractivity contribution is -0.117. The maximum atomic E-state index is 13.0. The van der Waals surface area contributed by atoms with Gasteiger partial charge >= 0.3 is 0 Å². The van der Waals surface area contributed by atoms with Gasteiger partial charge in [0.25, 0.3) is 12.9 Å². The molecule has 0 fully saturated rings. The second-order valence-corrected chi connectivity index (χ2v) is 5.16. The third-order valence-electron chi connectivity index (χ3n) is 3.01. The first-order valence-corrected chi connectivity index (χ1v) is 7.43. The molecule has 0 aliphatic carbocycles. The van der Waals surface area contributed by atoms with Gasteiger partial charge in [-0.3, -0.25) is 9.48 Å². The van der Waals surface area contributed by atoms with Crippen LogP contribution in [-0.2, 0) is 22.8 Å². The highest BCUT2D eigenvalue weighted by atomic mass is 35.5. The second-order valence-electron chi connectivity index (χ2n) is 4.78. The molecule has 2 aromatic rings. The van der Waals surface area contributed by atoms with E-state index in [1.807, 2.05) is 0 Å². The highest BCUT2D eigenvalue weighted by Crippen LogP contribution is 2.34. The lowest BCUT2D eigenvalue weighted by Crippen LogP contribution is -2.21. The quantitative estimate of drug-likeness (QED) is 0.710. The maximum absolute atomic E-state index is 13.0. The van der Waals surface area contributed by atoms with Crippen LogP contribution in [0.15, 0.2) is 12.4 Å². The number of halogens is 5. The summed E-state index contributed by atoms with van der Waals surface area (Å²) in [5, 5.41) is 8.78. The average Bonchev–Trinajstić information content (AvgIpc) is 3.09. The molecule has 0 aliphatic rings. The van der Waals surface area contributed by atoms with Crippen molar-refractivity contribution in [2.45, 2.75) is 33.1 Å². The molecule has 0 unspecified atom stereocenters. The fraction of sp³-hybridized carbons (Fsp3) is 0.462. The molecule has 1 N–H and O–H groups in total. The van der Waals surface area contributed by atoms with E-state index in [-0.39, 0.29) is 12.4 Å². The zero-order valence-corrected chi connectivity index (χ0v) is 13.7. The fourth-order valence-electron chi connectivity index (χ4n) is 1.96. The van der Waals surface area contributed by atoms with Crippen molar-refractivity contribution in [3.8, 4) is 0 Å². The topological polar surface area (TPSA) is 74.0 Å². The normalized spacial score (nSPS) is 11.5. The molecule has 2 rings (SSSR count). The number of aromatic nitrogens is 4. The Labute approximate surface area is 144 Å². The Morgan fingerprint density at radius 2 is 2.08 bits per heavy atom. The molecule has 0 bridgehead atoms. The number of carbonyl (C=O) groups is 1. The van der Waals surface area contributed by atoms with Crippen LogP contribution >= 0.6 is 11.6 Å². The monoisotopic (exact) mass is 383 g/mol. The number of amides is 1. The molecule has 12 heteroatoms. The first-order chi connectivity index (χ1) is 11.8. The van der Waals surface area contributed by atoms with Gasteiger partial charge in [-0.2, -0.15) is 10.2 Å². The number of nitrogens with one attached hydrogen (secondary N) is 1. The average molecular weight is 384 g/mol. The molecule has 0 radical (unpaired) electrons. The molecule has 1 amide bonds. The third-order valence-corrected chi connectivity index (χ3v) is 3.39. The van der Waals surface area contributed by atoms with E-state index in [1.165, 1.54) is 17.1 Å². The van der Waals surface area contributed by atoms with Crippen LogP contribution < -0.4 is 5.32 Å². The molecule has 0 saturated carbocycles. The van der Waals surface area contributed by atoms with E-state index < -0.39 is 41.7 Å². The van der Waals surface area contributed by atoms with Crippen molar-refractivity contribution < 1.29 is 27.1 Å². The standard InChI is InChI=1S/C13H14ClF4N5O2/c1-2-25-6-22-4-7(3-19-22)20-8(24)5-23-11(13(17)18)9(14)10(21-23)12(15)16/h3-4,12-13H,2,5-6H2,1H3,(H,20,24). The summed E-state index contributed by atoms with van der Waals surface area (Å²) in [6, 6.07) is 0. The Bertz CT molecular complexity index is 734. The molecule has 0 aliphatic heterocycles. The van der Waals surface area contributed by atoms with Crippen LogP contribution in [0.1, 0.15) is 31.2 Å². The van der Waals surface area contributed by atoms with Gasteiger partial charge in [-0.15, -0.1) is 0 Å². The smallest absolute Gasteiger partial charge is 0.283 e. The Balaban J connectivity index is 2.09. The van der Waals surface area contributed by atoms with Gasteiger partial charge in [-0.25, -0.2) is 22.2 Å². The zero-order chi connectivity index (χ0) is 18.6. The van der Waals surface area contributed by atoms with E-state index in [2.05, 4.69) is 15.5 Å². The molecule has 0 aromatic carbocycles. The van der Waals surface area contributed by atoms with E-state index in [0.717, 1.165) is 0 Å². The minimum Gasteiger partial charge on any atom is -0.360 e. The van der Waals surface area contributed by atoms with Crippen molar-refractivity contribution in [3.63, 3.8) is 0 Å². The van der Waals surface area contributed by atoms with Crippen LogP contribution in [0.4, 0.5) is 23.2 Å². The van der Waals surface area contributed by atoms with Crippen LogP contribution in [0.25, 0.3) is 0 Å². The van der Waals surface area contributed by atoms with E-state index >= 15 is 0 Å². The van der Waals surface area contributed by atoms with Gasteiger partial charge in [0.1, 0.15) is 24.7 Å². The van der Waals surface area contributed by atoms with Crippen molar-refractivity contribution in [2.75, 3.05) is 11.9 Å². The van der Waals surface area contributed by atoms with Gasteiger partial charge in [0, 0.05) is 6.61 Å². The minimum absolute atomic E-state index is 0.175. The Morgan fingerprint density at radius 3 is 2.68 bits per heavy atom. The first kappa shape index (κ1) is 19.2. The fourth-order valence-corrected chi connectivity index (χ4v) is 2.26. The van der Waals surface area contributed by atoms with Gasteiger partial charge in [-0.05, 0) is 6.92 Å². The van der Waals surface area contributed by atoms with Crippen molar-refractivity contribution in [3.05, 3.63) is 28.8 Å². The van der Waals surface area contributed by atoms with Crippen LogP contribution in [0.5, 0.6) is 0 Å². The summed E-state index contributed by atoms with van der Waals surface area (Å²) >= 11 is 5.51. The molecular formula is C13H14ClF4N5O2. The van der Waals surface area contributed by atoms with E-state index in [1.54, 1.807) is 6.92 Å². The van der Waals surface area contributed by atoms with Gasteiger partial charge in [0.2, 0.25) is 5.91 Å². The molecule has 0 saturated heterocycles. The Hall–Kier alpha value is -2.14. The maximum Gasteiger partial charge on any atom is 0.283 e. The molecule has 2 heterocycles. The highest BCUT2D eigenvalue weighted by Gasteiger charge is 2.28. The number of nitrogens with zero attached hydrogens (tertiary/aromatic N) is 4. The summed E-state index contributed by atoms with van der Waals surface area (Å²) in [5.41, 5.74) is -1.64. The van der Waals surface area contributed by atoms with E-state index in [4.69, 9.17) is 16.3 Å². The number of carbonyl (C=O) groups excluding carboxylic acids is 1. The minimum atomic E-state index is -3.16. The van der Waals surface area contributed by atoms with Crippen molar-refractivity contribution >= 4 is 23.2 Å². The molecule has 138 valence electrons. The van der Waals surface area contributed by atoms with Crippen LogP contribution in [0.2, 0.25) is 5.02 Å². The van der Waals surface area contributed by atoms with Crippen LogP contribution in [0.3, 0.4) is 0 Å². The number of rotatable bonds is 8. The van der Waals surface area contributed by atoms with Crippen molar-refractivity contribution in [1.82, 2.24) is 19.6 Å². The number of anilines is 1. The second kappa shape index (κ2) is 8.30.